The van der Waals surface area contributed by atoms with E-state index < -0.39 is 15.4 Å². The summed E-state index contributed by atoms with van der Waals surface area (Å²) in [4.78, 5) is 13.6. The molecule has 0 fully saturated rings. The third-order valence-electron chi connectivity index (χ3n) is 3.58. The average Bonchev–Trinajstić information content (AvgIpc) is 2.32. The van der Waals surface area contributed by atoms with Gasteiger partial charge in [-0.25, -0.2) is 8.42 Å². The number of hydrogen-bond donors (Lipinski definition) is 2. The van der Waals surface area contributed by atoms with Gasteiger partial charge in [-0.1, -0.05) is 6.92 Å². The molecule has 0 heterocycles. The Hall–Kier alpha value is -0.660. The van der Waals surface area contributed by atoms with E-state index >= 15 is 0 Å². The van der Waals surface area contributed by atoms with Crippen LogP contribution in [0, 0.1) is 0 Å². The highest BCUT2D eigenvalue weighted by atomic mass is 32.2. The van der Waals surface area contributed by atoms with E-state index in [1.165, 1.54) is 6.26 Å². The molecule has 0 saturated heterocycles. The third-order valence-corrected chi connectivity index (χ3v) is 4.50. The number of sulfone groups is 1. The maximum absolute atomic E-state index is 11.6. The number of amides is 1. The summed E-state index contributed by atoms with van der Waals surface area (Å²) in [7, 11) is -1.12. The minimum absolute atomic E-state index is 0.0543. The van der Waals surface area contributed by atoms with Crippen molar-refractivity contribution in [2.75, 3.05) is 32.1 Å². The first-order chi connectivity index (χ1) is 9.02. The minimum Gasteiger partial charge on any atom is -0.368 e. The van der Waals surface area contributed by atoms with Crippen LogP contribution in [0.3, 0.4) is 0 Å². The molecule has 0 spiro atoms. The lowest BCUT2D eigenvalue weighted by Crippen LogP contribution is -2.56. The van der Waals surface area contributed by atoms with Gasteiger partial charge in [0, 0.05) is 18.8 Å². The number of nitrogens with two attached hydrogens (primary N) is 1. The van der Waals surface area contributed by atoms with E-state index in [1.54, 1.807) is 6.92 Å². The second kappa shape index (κ2) is 7.95. The average molecular weight is 307 g/mol. The Morgan fingerprint density at radius 1 is 1.45 bits per heavy atom. The Morgan fingerprint density at radius 2 is 2.00 bits per heavy atom. The van der Waals surface area contributed by atoms with Gasteiger partial charge in [0.15, 0.2) is 0 Å². The number of nitrogens with one attached hydrogen (secondary N) is 1. The molecule has 1 amide bonds. The summed E-state index contributed by atoms with van der Waals surface area (Å²) in [6, 6.07) is 0.0543. The van der Waals surface area contributed by atoms with Gasteiger partial charge in [-0.3, -0.25) is 4.79 Å². The van der Waals surface area contributed by atoms with E-state index in [9.17, 15) is 13.2 Å². The molecule has 2 unspecified atom stereocenters. The van der Waals surface area contributed by atoms with Crippen LogP contribution in [-0.4, -0.2) is 63.0 Å². The fourth-order valence-corrected chi connectivity index (χ4v) is 2.56. The highest BCUT2D eigenvalue weighted by Crippen LogP contribution is 2.15. The van der Waals surface area contributed by atoms with E-state index in [0.29, 0.717) is 13.0 Å². The summed E-state index contributed by atoms with van der Waals surface area (Å²) < 4.78 is 22.4. The van der Waals surface area contributed by atoms with Crippen LogP contribution in [0.25, 0.3) is 0 Å². The van der Waals surface area contributed by atoms with E-state index in [-0.39, 0.29) is 17.7 Å². The number of carbonyl (C=O) groups excluding carboxylic acids is 1. The second-order valence-corrected chi connectivity index (χ2v) is 8.05. The molecule has 0 bridgehead atoms. The summed E-state index contributed by atoms with van der Waals surface area (Å²) in [5.41, 5.74) is 4.72. The first-order valence-corrected chi connectivity index (χ1v) is 9.01. The molecule has 120 valence electrons. The zero-order valence-corrected chi connectivity index (χ0v) is 14.1. The van der Waals surface area contributed by atoms with Gasteiger partial charge >= 0.3 is 0 Å². The number of rotatable bonds is 10. The molecular formula is C13H29N3O3S. The van der Waals surface area contributed by atoms with E-state index in [2.05, 4.69) is 5.32 Å². The van der Waals surface area contributed by atoms with Crippen molar-refractivity contribution in [1.82, 2.24) is 10.2 Å². The quantitative estimate of drug-likeness (QED) is 0.592. The molecule has 0 aromatic rings. The summed E-state index contributed by atoms with van der Waals surface area (Å²) in [6.45, 7) is 6.96. The van der Waals surface area contributed by atoms with Crippen molar-refractivity contribution in [3.8, 4) is 0 Å². The summed E-state index contributed by atoms with van der Waals surface area (Å²) in [6.07, 6.45) is 2.69. The van der Waals surface area contributed by atoms with Crippen LogP contribution in [0.5, 0.6) is 0 Å². The lowest BCUT2D eigenvalue weighted by Gasteiger charge is -2.34. The largest absolute Gasteiger partial charge is 0.368 e. The molecule has 6 nitrogen and oxygen atoms in total. The molecule has 0 aliphatic rings. The van der Waals surface area contributed by atoms with Crippen LogP contribution in [-0.2, 0) is 14.6 Å². The van der Waals surface area contributed by atoms with Crippen molar-refractivity contribution >= 4 is 15.7 Å². The molecule has 0 rings (SSSR count). The topological polar surface area (TPSA) is 92.5 Å². The van der Waals surface area contributed by atoms with Gasteiger partial charge < -0.3 is 16.0 Å². The van der Waals surface area contributed by atoms with Gasteiger partial charge in [0.2, 0.25) is 5.91 Å². The maximum Gasteiger partial charge on any atom is 0.237 e. The lowest BCUT2D eigenvalue weighted by molar-refractivity contribution is -0.124. The molecule has 0 radical (unpaired) electrons. The first kappa shape index (κ1) is 19.3. The van der Waals surface area contributed by atoms with Gasteiger partial charge in [-0.2, -0.15) is 0 Å². The van der Waals surface area contributed by atoms with E-state index in [1.807, 2.05) is 25.8 Å². The van der Waals surface area contributed by atoms with Crippen molar-refractivity contribution in [2.45, 2.75) is 45.2 Å². The van der Waals surface area contributed by atoms with Crippen molar-refractivity contribution in [3.63, 3.8) is 0 Å². The molecule has 7 heteroatoms. The molecular weight excluding hydrogens is 278 g/mol. The SMILES string of the molecule is CCCNC(C)(CC(C)N(C)CCS(C)(=O)=O)C(N)=O. The number of carbonyl (C=O) groups is 1. The van der Waals surface area contributed by atoms with Crippen LogP contribution in [0.15, 0.2) is 0 Å². The van der Waals surface area contributed by atoms with Crippen molar-refractivity contribution < 1.29 is 13.2 Å². The fourth-order valence-electron chi connectivity index (χ4n) is 1.94. The summed E-state index contributed by atoms with van der Waals surface area (Å²) in [5.74, 6) is -0.266. The lowest BCUT2D eigenvalue weighted by atomic mass is 9.92. The molecule has 0 aromatic carbocycles. The fraction of sp³-hybridized carbons (Fsp3) is 0.923. The van der Waals surface area contributed by atoms with Crippen LogP contribution >= 0.6 is 0 Å². The highest BCUT2D eigenvalue weighted by Gasteiger charge is 2.33. The predicted molar refractivity (Wildman–Crippen MR) is 82.3 cm³/mol. The molecule has 0 aromatic heterocycles. The maximum atomic E-state index is 11.6. The zero-order chi connectivity index (χ0) is 16.0. The predicted octanol–water partition coefficient (Wildman–Crippen LogP) is -0.0150. The third kappa shape index (κ3) is 7.21. The Morgan fingerprint density at radius 3 is 2.40 bits per heavy atom. The van der Waals surface area contributed by atoms with Gasteiger partial charge in [0.1, 0.15) is 9.84 Å². The van der Waals surface area contributed by atoms with Crippen LogP contribution in [0.1, 0.15) is 33.6 Å². The zero-order valence-electron chi connectivity index (χ0n) is 13.3. The first-order valence-electron chi connectivity index (χ1n) is 6.94. The Balaban J connectivity index is 4.59. The molecule has 3 N–H and O–H groups in total. The molecule has 0 aliphatic carbocycles. The van der Waals surface area contributed by atoms with Crippen molar-refractivity contribution in [2.24, 2.45) is 5.73 Å². The van der Waals surface area contributed by atoms with Gasteiger partial charge in [0.25, 0.3) is 0 Å². The normalized spacial score (nSPS) is 16.9. The minimum atomic E-state index is -2.98. The number of primary amides is 1. The molecule has 20 heavy (non-hydrogen) atoms. The Labute approximate surface area is 123 Å². The van der Waals surface area contributed by atoms with Gasteiger partial charge in [0.05, 0.1) is 11.3 Å². The van der Waals surface area contributed by atoms with Crippen LogP contribution < -0.4 is 11.1 Å². The number of nitrogens with zero attached hydrogens (tertiary/aromatic N) is 1. The smallest absolute Gasteiger partial charge is 0.237 e. The van der Waals surface area contributed by atoms with Crippen molar-refractivity contribution in [1.29, 1.82) is 0 Å². The monoisotopic (exact) mass is 307 g/mol. The Kier molecular flexibility index (Phi) is 7.69. The summed E-state index contributed by atoms with van der Waals surface area (Å²) in [5, 5.41) is 3.18. The van der Waals surface area contributed by atoms with Crippen LogP contribution in [0.4, 0.5) is 0 Å². The van der Waals surface area contributed by atoms with Crippen LogP contribution in [0.2, 0.25) is 0 Å². The summed E-state index contributed by atoms with van der Waals surface area (Å²) >= 11 is 0. The number of hydrogen-bond acceptors (Lipinski definition) is 5. The van der Waals surface area contributed by atoms with E-state index in [4.69, 9.17) is 5.73 Å². The molecule has 0 saturated carbocycles. The second-order valence-electron chi connectivity index (χ2n) is 5.79. The highest BCUT2D eigenvalue weighted by molar-refractivity contribution is 7.90. The Bertz CT molecular complexity index is 411. The van der Waals surface area contributed by atoms with Gasteiger partial charge in [-0.05, 0) is 40.3 Å². The van der Waals surface area contributed by atoms with E-state index in [0.717, 1.165) is 13.0 Å². The van der Waals surface area contributed by atoms with Gasteiger partial charge in [-0.15, -0.1) is 0 Å². The molecule has 2 atom stereocenters. The molecule has 0 aliphatic heterocycles. The standard InChI is InChI=1S/C13H29N3O3S/c1-6-7-15-13(3,12(14)17)10-11(2)16(4)8-9-20(5,18)19/h11,15H,6-10H2,1-5H3,(H2,14,17). The van der Waals surface area contributed by atoms with Crippen molar-refractivity contribution in [3.05, 3.63) is 0 Å².